The largest absolute Gasteiger partial charge is 0.488 e. The minimum Gasteiger partial charge on any atom is -0.488 e. The van der Waals surface area contributed by atoms with Crippen LogP contribution in [0.5, 0.6) is 5.75 Å². The Balaban J connectivity index is 1.09. The number of hydrogen-bond acceptors (Lipinski definition) is 4. The number of thiophene rings is 1. The number of benzene rings is 3. The Hall–Kier alpha value is -4.47. The molecule has 0 fully saturated rings. The molecule has 6 heteroatoms. The number of ether oxygens (including phenoxy) is 1. The molecule has 1 amide bonds. The summed E-state index contributed by atoms with van der Waals surface area (Å²) in [6.45, 7) is 7.53. The number of anilines is 1. The van der Waals surface area contributed by atoms with Gasteiger partial charge in [0.25, 0.3) is 5.91 Å². The van der Waals surface area contributed by atoms with Gasteiger partial charge in [-0.05, 0) is 77.2 Å². The van der Waals surface area contributed by atoms with Crippen molar-refractivity contribution in [3.63, 3.8) is 0 Å². The van der Waals surface area contributed by atoms with Gasteiger partial charge in [-0.1, -0.05) is 36.4 Å². The molecule has 6 rings (SSSR count). The van der Waals surface area contributed by atoms with Crippen LogP contribution in [0.3, 0.4) is 0 Å². The van der Waals surface area contributed by atoms with Crippen LogP contribution >= 0.6 is 11.3 Å². The van der Waals surface area contributed by atoms with Crippen molar-refractivity contribution >= 4 is 45.4 Å². The number of allylic oxidation sites excluding steroid dienone is 1. The van der Waals surface area contributed by atoms with E-state index in [2.05, 4.69) is 22.3 Å². The quantitative estimate of drug-likeness (QED) is 0.289. The van der Waals surface area contributed by atoms with Crippen LogP contribution in [-0.4, -0.2) is 11.6 Å². The maximum absolute atomic E-state index is 12.8. The fourth-order valence-corrected chi connectivity index (χ4v) is 5.15. The summed E-state index contributed by atoms with van der Waals surface area (Å²) in [5, 5.41) is 3.67. The van der Waals surface area contributed by atoms with Crippen molar-refractivity contribution in [1.82, 2.24) is 0 Å². The number of aliphatic imine (C=N–C) groups is 1. The molecule has 1 aliphatic carbocycles. The predicted octanol–water partition coefficient (Wildman–Crippen LogP) is 7.38. The maximum atomic E-state index is 12.8. The van der Waals surface area contributed by atoms with Crippen LogP contribution in [0.4, 0.5) is 16.4 Å². The van der Waals surface area contributed by atoms with E-state index >= 15 is 0 Å². The Morgan fingerprint density at radius 1 is 1.03 bits per heavy atom. The standard InChI is InChI=1S/C30H21N3O2S/c1-31-29-14-12-26(36-29)18-35-25-11-13-27-23(16-25)17-28(33-27)20-5-7-21(8-6-20)30(34)32-24-10-9-19-3-2-4-22(19)15-24/h2-3,5-16H,4,17-18H2,(H,32,34). The molecule has 3 aromatic carbocycles. The van der Waals surface area contributed by atoms with Crippen LogP contribution in [0.15, 0.2) is 83.9 Å². The van der Waals surface area contributed by atoms with Gasteiger partial charge in [0.1, 0.15) is 12.4 Å². The van der Waals surface area contributed by atoms with Gasteiger partial charge in [0.15, 0.2) is 0 Å². The lowest BCUT2D eigenvalue weighted by Gasteiger charge is -2.08. The molecule has 0 saturated carbocycles. The lowest BCUT2D eigenvalue weighted by Crippen LogP contribution is -2.12. The molecule has 0 radical (unpaired) electrons. The van der Waals surface area contributed by atoms with Crippen LogP contribution in [0.2, 0.25) is 0 Å². The average molecular weight is 488 g/mol. The van der Waals surface area contributed by atoms with Crippen molar-refractivity contribution in [2.75, 3.05) is 5.32 Å². The minimum absolute atomic E-state index is 0.125. The number of carbonyl (C=O) groups is 1. The summed E-state index contributed by atoms with van der Waals surface area (Å²) in [4.78, 5) is 22.0. The monoisotopic (exact) mass is 487 g/mol. The summed E-state index contributed by atoms with van der Waals surface area (Å²) in [5.74, 6) is 0.664. The number of amides is 1. The van der Waals surface area contributed by atoms with Gasteiger partial charge in [-0.3, -0.25) is 9.79 Å². The van der Waals surface area contributed by atoms with Crippen molar-refractivity contribution in [1.29, 1.82) is 0 Å². The number of carbonyl (C=O) groups excluding carboxylic acids is 1. The maximum Gasteiger partial charge on any atom is 0.255 e. The van der Waals surface area contributed by atoms with E-state index in [-0.39, 0.29) is 5.91 Å². The Kier molecular flexibility index (Phi) is 5.68. The fourth-order valence-electron chi connectivity index (χ4n) is 4.45. The smallest absolute Gasteiger partial charge is 0.255 e. The molecule has 1 aromatic heterocycles. The van der Waals surface area contributed by atoms with E-state index in [0.29, 0.717) is 23.6 Å². The molecule has 0 unspecified atom stereocenters. The van der Waals surface area contributed by atoms with E-state index in [9.17, 15) is 4.79 Å². The van der Waals surface area contributed by atoms with Gasteiger partial charge in [-0.25, -0.2) is 4.85 Å². The summed E-state index contributed by atoms with van der Waals surface area (Å²) in [6.07, 6.45) is 5.85. The van der Waals surface area contributed by atoms with E-state index in [1.54, 1.807) is 0 Å². The van der Waals surface area contributed by atoms with Crippen LogP contribution < -0.4 is 10.1 Å². The second-order valence-electron chi connectivity index (χ2n) is 8.72. The molecule has 1 aliphatic heterocycles. The number of nitrogens with one attached hydrogen (secondary N) is 1. The van der Waals surface area contributed by atoms with Gasteiger partial charge in [0, 0.05) is 22.5 Å². The highest BCUT2D eigenvalue weighted by Crippen LogP contribution is 2.33. The first-order valence-corrected chi connectivity index (χ1v) is 12.5. The number of hydrogen-bond donors (Lipinski definition) is 1. The van der Waals surface area contributed by atoms with E-state index in [1.165, 1.54) is 22.5 Å². The summed E-state index contributed by atoms with van der Waals surface area (Å²) in [7, 11) is 0. The van der Waals surface area contributed by atoms with Crippen LogP contribution in [0.25, 0.3) is 10.9 Å². The third-order valence-electron chi connectivity index (χ3n) is 6.32. The molecule has 36 heavy (non-hydrogen) atoms. The van der Waals surface area contributed by atoms with Crippen molar-refractivity contribution in [3.8, 4) is 5.75 Å². The number of rotatable bonds is 6. The zero-order valence-corrected chi connectivity index (χ0v) is 20.1. The molecule has 4 aromatic rings. The van der Waals surface area contributed by atoms with Crippen LogP contribution in [0.1, 0.15) is 37.5 Å². The molecule has 2 aliphatic rings. The van der Waals surface area contributed by atoms with Crippen molar-refractivity contribution in [3.05, 3.63) is 123 Å². The Labute approximate surface area is 213 Å². The molecule has 5 nitrogen and oxygen atoms in total. The lowest BCUT2D eigenvalue weighted by molar-refractivity contribution is 0.102. The van der Waals surface area contributed by atoms with E-state index < -0.39 is 0 Å². The first kappa shape index (κ1) is 22.0. The van der Waals surface area contributed by atoms with Gasteiger partial charge >= 0.3 is 0 Å². The first-order valence-electron chi connectivity index (χ1n) is 11.7. The highest BCUT2D eigenvalue weighted by Gasteiger charge is 2.18. The van der Waals surface area contributed by atoms with Crippen molar-refractivity contribution < 1.29 is 9.53 Å². The van der Waals surface area contributed by atoms with E-state index in [4.69, 9.17) is 16.3 Å². The molecular weight excluding hydrogens is 466 g/mol. The van der Waals surface area contributed by atoms with Gasteiger partial charge in [0.05, 0.1) is 18.0 Å². The van der Waals surface area contributed by atoms with Crippen molar-refractivity contribution in [2.24, 2.45) is 4.99 Å². The Morgan fingerprint density at radius 3 is 2.75 bits per heavy atom. The number of nitrogens with zero attached hydrogens (tertiary/aromatic N) is 2. The third-order valence-corrected chi connectivity index (χ3v) is 7.27. The second kappa shape index (κ2) is 9.29. The highest BCUT2D eigenvalue weighted by molar-refractivity contribution is 7.16. The Bertz CT molecular complexity index is 1590. The van der Waals surface area contributed by atoms with Crippen LogP contribution in [-0.2, 0) is 19.4 Å². The summed E-state index contributed by atoms with van der Waals surface area (Å²) >= 11 is 1.45. The fraction of sp³-hybridized carbons (Fsp3) is 0.100. The molecule has 1 N–H and O–H groups in total. The molecule has 174 valence electrons. The van der Waals surface area contributed by atoms with Crippen LogP contribution in [0, 0.1) is 6.57 Å². The van der Waals surface area contributed by atoms with Gasteiger partial charge in [-0.2, -0.15) is 11.3 Å². The zero-order chi connectivity index (χ0) is 24.5. The lowest BCUT2D eigenvalue weighted by atomic mass is 10.0. The first-order chi connectivity index (χ1) is 17.6. The van der Waals surface area contributed by atoms with Gasteiger partial charge in [0.2, 0.25) is 5.00 Å². The van der Waals surface area contributed by atoms with E-state index in [0.717, 1.165) is 45.3 Å². The topological polar surface area (TPSA) is 55.0 Å². The highest BCUT2D eigenvalue weighted by atomic mass is 32.1. The predicted molar refractivity (Wildman–Crippen MR) is 145 cm³/mol. The third kappa shape index (κ3) is 4.45. The Morgan fingerprint density at radius 2 is 1.92 bits per heavy atom. The van der Waals surface area contributed by atoms with Crippen molar-refractivity contribution in [2.45, 2.75) is 19.4 Å². The molecular formula is C30H21N3O2S. The summed E-state index contributed by atoms with van der Waals surface area (Å²) < 4.78 is 5.94. The molecule has 0 saturated heterocycles. The molecule has 0 atom stereocenters. The van der Waals surface area contributed by atoms with Gasteiger partial charge < -0.3 is 10.1 Å². The second-order valence-corrected chi connectivity index (χ2v) is 9.86. The van der Waals surface area contributed by atoms with E-state index in [1.807, 2.05) is 72.8 Å². The zero-order valence-electron chi connectivity index (χ0n) is 19.3. The normalized spacial score (nSPS) is 13.0. The average Bonchev–Trinajstić information content (AvgIpc) is 3.66. The number of fused-ring (bicyclic) bond motifs is 2. The summed E-state index contributed by atoms with van der Waals surface area (Å²) in [5.41, 5.74) is 7.90. The molecule has 0 spiro atoms. The minimum atomic E-state index is -0.125. The summed E-state index contributed by atoms with van der Waals surface area (Å²) in [6, 6.07) is 23.3. The molecule has 2 heterocycles. The molecule has 0 bridgehead atoms. The van der Waals surface area contributed by atoms with Gasteiger partial charge in [-0.15, -0.1) is 0 Å². The SMILES string of the molecule is [C-]#[N+]c1ccc(COc2ccc3c(c2)CC(c2ccc(C(=O)Nc4ccc5c(c4)CC=C5)cc2)=N3)s1.